The minimum absolute atomic E-state index is 0.0693. The number of nitrogens with zero attached hydrogens (tertiary/aromatic N) is 2. The van der Waals surface area contributed by atoms with E-state index in [1.54, 1.807) is 36.2 Å². The van der Waals surface area contributed by atoms with Crippen molar-refractivity contribution >= 4 is 17.5 Å². The summed E-state index contributed by atoms with van der Waals surface area (Å²) in [4.78, 5) is 27.3. The molecule has 0 aliphatic carbocycles. The van der Waals surface area contributed by atoms with E-state index < -0.39 is 0 Å². The van der Waals surface area contributed by atoms with Crippen LogP contribution in [0.15, 0.2) is 24.3 Å². The molecule has 0 aliphatic rings. The van der Waals surface area contributed by atoms with Crippen molar-refractivity contribution < 1.29 is 14.7 Å². The zero-order valence-electron chi connectivity index (χ0n) is 13.0. The molecular weight excluding hydrogens is 268 g/mol. The molecule has 21 heavy (non-hydrogen) atoms. The van der Waals surface area contributed by atoms with Crippen LogP contribution in [0.5, 0.6) is 0 Å². The molecule has 1 rings (SSSR count). The fraction of sp³-hybridized carbons (Fsp3) is 0.500. The number of unbranched alkanes of at least 4 members (excludes halogenated alkanes) is 1. The molecule has 0 fully saturated rings. The van der Waals surface area contributed by atoms with Gasteiger partial charge in [-0.1, -0.05) is 25.5 Å². The molecule has 2 amide bonds. The molecule has 0 aromatic heterocycles. The van der Waals surface area contributed by atoms with Crippen molar-refractivity contribution in [3.05, 3.63) is 29.8 Å². The van der Waals surface area contributed by atoms with Gasteiger partial charge in [0.15, 0.2) is 0 Å². The zero-order valence-corrected chi connectivity index (χ0v) is 13.0. The molecule has 0 saturated heterocycles. The highest BCUT2D eigenvalue weighted by Crippen LogP contribution is 2.21. The van der Waals surface area contributed by atoms with E-state index in [0.717, 1.165) is 12.8 Å². The molecule has 1 N–H and O–H groups in total. The van der Waals surface area contributed by atoms with E-state index in [-0.39, 0.29) is 18.4 Å². The third-order valence-corrected chi connectivity index (χ3v) is 3.41. The van der Waals surface area contributed by atoms with Crippen LogP contribution in [0.3, 0.4) is 0 Å². The molecule has 1 aromatic carbocycles. The Bertz CT molecular complexity index is 488. The van der Waals surface area contributed by atoms with Crippen LogP contribution in [0.4, 0.5) is 5.69 Å². The van der Waals surface area contributed by atoms with Gasteiger partial charge in [-0.25, -0.2) is 0 Å². The smallest absolute Gasteiger partial charge is 0.256 e. The van der Waals surface area contributed by atoms with Gasteiger partial charge in [0.1, 0.15) is 0 Å². The first-order valence-corrected chi connectivity index (χ1v) is 7.26. The molecule has 0 heterocycles. The lowest BCUT2D eigenvalue weighted by Gasteiger charge is -2.25. The number of carbonyl (C=O) groups is 2. The fourth-order valence-electron chi connectivity index (χ4n) is 2.07. The number of benzene rings is 1. The molecule has 1 aromatic rings. The van der Waals surface area contributed by atoms with Gasteiger partial charge in [0.25, 0.3) is 5.91 Å². The Hall–Kier alpha value is -1.88. The number of aliphatic hydroxyl groups is 1. The first kappa shape index (κ1) is 17.2. The molecule has 0 saturated carbocycles. The first-order chi connectivity index (χ1) is 10.0. The summed E-state index contributed by atoms with van der Waals surface area (Å²) >= 11 is 0. The van der Waals surface area contributed by atoms with Gasteiger partial charge in [0.05, 0.1) is 17.9 Å². The second kappa shape index (κ2) is 8.42. The average molecular weight is 292 g/mol. The van der Waals surface area contributed by atoms with Crippen molar-refractivity contribution in [1.29, 1.82) is 0 Å². The van der Waals surface area contributed by atoms with Gasteiger partial charge in [-0.2, -0.15) is 0 Å². The number of anilines is 1. The number of amides is 2. The van der Waals surface area contributed by atoms with Crippen LogP contribution >= 0.6 is 0 Å². The molecule has 5 nitrogen and oxygen atoms in total. The lowest BCUT2D eigenvalue weighted by atomic mass is 10.1. The van der Waals surface area contributed by atoms with Crippen molar-refractivity contribution in [2.45, 2.75) is 26.7 Å². The molecular formula is C16H24N2O3. The lowest BCUT2D eigenvalue weighted by Crippen LogP contribution is -2.36. The minimum atomic E-state index is -0.152. The van der Waals surface area contributed by atoms with E-state index in [2.05, 4.69) is 6.92 Å². The Morgan fingerprint density at radius 1 is 1.19 bits per heavy atom. The van der Waals surface area contributed by atoms with Crippen LogP contribution in [-0.4, -0.2) is 48.6 Å². The highest BCUT2D eigenvalue weighted by molar-refractivity contribution is 6.04. The number of hydrogen-bond donors (Lipinski definition) is 1. The normalized spacial score (nSPS) is 10.3. The van der Waals surface area contributed by atoms with Crippen LogP contribution < -0.4 is 4.90 Å². The summed E-state index contributed by atoms with van der Waals surface area (Å²) < 4.78 is 0. The van der Waals surface area contributed by atoms with Crippen molar-refractivity contribution in [3.63, 3.8) is 0 Å². The van der Waals surface area contributed by atoms with E-state index in [1.807, 2.05) is 0 Å². The Morgan fingerprint density at radius 3 is 2.43 bits per heavy atom. The highest BCUT2D eigenvalue weighted by Gasteiger charge is 2.20. The van der Waals surface area contributed by atoms with Gasteiger partial charge < -0.3 is 14.9 Å². The highest BCUT2D eigenvalue weighted by atomic mass is 16.3. The van der Waals surface area contributed by atoms with Crippen molar-refractivity contribution in [2.75, 3.05) is 31.6 Å². The number of aliphatic hydroxyl groups excluding tert-OH is 1. The minimum Gasteiger partial charge on any atom is -0.395 e. The summed E-state index contributed by atoms with van der Waals surface area (Å²) in [5.41, 5.74) is 1.08. The summed E-state index contributed by atoms with van der Waals surface area (Å²) in [7, 11) is 1.65. The topological polar surface area (TPSA) is 60.9 Å². The third kappa shape index (κ3) is 4.56. The molecule has 0 spiro atoms. The predicted molar refractivity (Wildman–Crippen MR) is 83.4 cm³/mol. The summed E-state index contributed by atoms with van der Waals surface area (Å²) in [5, 5.41) is 9.14. The van der Waals surface area contributed by atoms with Gasteiger partial charge in [-0.3, -0.25) is 9.59 Å². The standard InChI is InChI=1S/C16H24N2O3/c1-4-5-10-18(11-12-19)16(21)14-8-6-7-9-15(14)17(3)13(2)20/h6-9,19H,4-5,10-12H2,1-3H3. The third-order valence-electron chi connectivity index (χ3n) is 3.41. The van der Waals surface area contributed by atoms with E-state index >= 15 is 0 Å². The Morgan fingerprint density at radius 2 is 1.86 bits per heavy atom. The summed E-state index contributed by atoms with van der Waals surface area (Å²) in [5.74, 6) is -0.279. The summed E-state index contributed by atoms with van der Waals surface area (Å²) in [6.07, 6.45) is 1.86. The Balaban J connectivity index is 3.06. The summed E-state index contributed by atoms with van der Waals surface area (Å²) in [6, 6.07) is 7.05. The average Bonchev–Trinajstić information content (AvgIpc) is 2.49. The van der Waals surface area contributed by atoms with Crippen LogP contribution in [0.1, 0.15) is 37.0 Å². The summed E-state index contributed by atoms with van der Waals surface area (Å²) in [6.45, 7) is 4.36. The molecule has 0 atom stereocenters. The van der Waals surface area contributed by atoms with Gasteiger partial charge in [-0.05, 0) is 18.6 Å². The quantitative estimate of drug-likeness (QED) is 0.835. The molecule has 0 bridgehead atoms. The maximum Gasteiger partial charge on any atom is 0.256 e. The Kier molecular flexibility index (Phi) is 6.88. The first-order valence-electron chi connectivity index (χ1n) is 7.26. The van der Waals surface area contributed by atoms with Crippen molar-refractivity contribution in [3.8, 4) is 0 Å². The second-order valence-corrected chi connectivity index (χ2v) is 4.96. The van der Waals surface area contributed by atoms with Gasteiger partial charge in [-0.15, -0.1) is 0 Å². The maximum atomic E-state index is 12.7. The molecule has 116 valence electrons. The monoisotopic (exact) mass is 292 g/mol. The van der Waals surface area contributed by atoms with Gasteiger partial charge in [0.2, 0.25) is 5.91 Å². The second-order valence-electron chi connectivity index (χ2n) is 4.96. The maximum absolute atomic E-state index is 12.7. The van der Waals surface area contributed by atoms with Crippen LogP contribution in [0.2, 0.25) is 0 Å². The molecule has 0 radical (unpaired) electrons. The zero-order chi connectivity index (χ0) is 15.8. The number of hydrogen-bond acceptors (Lipinski definition) is 3. The van der Waals surface area contributed by atoms with Crippen molar-refractivity contribution in [1.82, 2.24) is 4.90 Å². The van der Waals surface area contributed by atoms with E-state index in [9.17, 15) is 9.59 Å². The molecule has 0 unspecified atom stereocenters. The van der Waals surface area contributed by atoms with Gasteiger partial charge >= 0.3 is 0 Å². The van der Waals surface area contributed by atoms with Crippen LogP contribution in [0, 0.1) is 0 Å². The van der Waals surface area contributed by atoms with Gasteiger partial charge in [0, 0.05) is 27.1 Å². The SMILES string of the molecule is CCCCN(CCO)C(=O)c1ccccc1N(C)C(C)=O. The number of carbonyl (C=O) groups excluding carboxylic acids is 2. The fourth-order valence-corrected chi connectivity index (χ4v) is 2.07. The van der Waals surface area contributed by atoms with Crippen molar-refractivity contribution in [2.24, 2.45) is 0 Å². The van der Waals surface area contributed by atoms with Crippen LogP contribution in [0.25, 0.3) is 0 Å². The number of para-hydroxylation sites is 1. The number of rotatable bonds is 7. The lowest BCUT2D eigenvalue weighted by molar-refractivity contribution is -0.116. The van der Waals surface area contributed by atoms with Crippen LogP contribution in [-0.2, 0) is 4.79 Å². The predicted octanol–water partition coefficient (Wildman–Crippen LogP) is 1.90. The molecule has 5 heteroatoms. The largest absolute Gasteiger partial charge is 0.395 e. The molecule has 0 aliphatic heterocycles. The van der Waals surface area contributed by atoms with E-state index in [0.29, 0.717) is 24.3 Å². The Labute approximate surface area is 126 Å². The van der Waals surface area contributed by atoms with E-state index in [1.165, 1.54) is 11.8 Å². The van der Waals surface area contributed by atoms with E-state index in [4.69, 9.17) is 5.11 Å².